The zero-order valence-corrected chi connectivity index (χ0v) is 11.6. The van der Waals surface area contributed by atoms with Crippen molar-refractivity contribution in [1.29, 1.82) is 0 Å². The molecule has 1 aliphatic carbocycles. The molecule has 4 heteroatoms. The number of hydrogen-bond acceptors (Lipinski definition) is 2. The highest BCUT2D eigenvalue weighted by atomic mass is 16.3. The summed E-state index contributed by atoms with van der Waals surface area (Å²) in [5.41, 5.74) is 0. The van der Waals surface area contributed by atoms with Crippen molar-refractivity contribution in [3.05, 3.63) is 23.7 Å². The number of furan rings is 1. The highest BCUT2D eigenvalue weighted by molar-refractivity contribution is 5.74. The third kappa shape index (κ3) is 2.86. The minimum atomic E-state index is -0.0972. The number of amides is 2. The van der Waals surface area contributed by atoms with Crippen LogP contribution in [0.3, 0.4) is 0 Å². The van der Waals surface area contributed by atoms with Crippen LogP contribution < -0.4 is 5.32 Å². The lowest BCUT2D eigenvalue weighted by Gasteiger charge is -2.26. The Bertz CT molecular complexity index is 423. The van der Waals surface area contributed by atoms with Crippen molar-refractivity contribution >= 4 is 6.03 Å². The predicted octanol–water partition coefficient (Wildman–Crippen LogP) is 3.09. The van der Waals surface area contributed by atoms with Gasteiger partial charge in [-0.2, -0.15) is 0 Å². The van der Waals surface area contributed by atoms with Gasteiger partial charge in [0, 0.05) is 13.1 Å². The standard InChI is InChI=1S/C14H22N2O2/c1-9-5-8-13(18-9)10(2)15-14(17)16(4)11(3)12-6-7-12/h5,8,10-12H,6-7H2,1-4H3,(H,15,17). The van der Waals surface area contributed by atoms with Crippen LogP contribution in [-0.4, -0.2) is 24.0 Å². The molecule has 1 aromatic rings. The lowest BCUT2D eigenvalue weighted by atomic mass is 10.2. The first-order chi connectivity index (χ1) is 8.49. The Morgan fingerprint density at radius 1 is 1.44 bits per heavy atom. The van der Waals surface area contributed by atoms with Gasteiger partial charge in [0.2, 0.25) is 0 Å². The first kappa shape index (κ1) is 13.0. The maximum atomic E-state index is 12.1. The van der Waals surface area contributed by atoms with Gasteiger partial charge in [-0.1, -0.05) is 0 Å². The lowest BCUT2D eigenvalue weighted by molar-refractivity contribution is 0.183. The minimum absolute atomic E-state index is 0.0315. The first-order valence-electron chi connectivity index (χ1n) is 6.58. The summed E-state index contributed by atoms with van der Waals surface area (Å²) in [7, 11) is 1.86. The maximum Gasteiger partial charge on any atom is 0.317 e. The van der Waals surface area contributed by atoms with E-state index in [0.29, 0.717) is 12.0 Å². The van der Waals surface area contributed by atoms with Crippen LogP contribution in [0.4, 0.5) is 4.79 Å². The summed E-state index contributed by atoms with van der Waals surface area (Å²) < 4.78 is 5.51. The van der Waals surface area contributed by atoms with Gasteiger partial charge in [-0.05, 0) is 51.7 Å². The van der Waals surface area contributed by atoms with Gasteiger partial charge in [-0.3, -0.25) is 0 Å². The van der Waals surface area contributed by atoms with E-state index in [1.165, 1.54) is 12.8 Å². The van der Waals surface area contributed by atoms with Gasteiger partial charge in [0.05, 0.1) is 6.04 Å². The Kier molecular flexibility index (Phi) is 3.64. The van der Waals surface area contributed by atoms with Crippen molar-refractivity contribution in [2.75, 3.05) is 7.05 Å². The number of aryl methyl sites for hydroxylation is 1. The first-order valence-corrected chi connectivity index (χ1v) is 6.58. The molecule has 1 saturated carbocycles. The Morgan fingerprint density at radius 2 is 2.11 bits per heavy atom. The second kappa shape index (κ2) is 5.04. The monoisotopic (exact) mass is 250 g/mol. The average molecular weight is 250 g/mol. The van der Waals surface area contributed by atoms with Crippen molar-refractivity contribution in [3.63, 3.8) is 0 Å². The van der Waals surface area contributed by atoms with Crippen molar-refractivity contribution in [2.24, 2.45) is 5.92 Å². The van der Waals surface area contributed by atoms with Crippen LogP contribution in [0.2, 0.25) is 0 Å². The smallest absolute Gasteiger partial charge is 0.317 e. The van der Waals surface area contributed by atoms with Crippen LogP contribution in [0.5, 0.6) is 0 Å². The van der Waals surface area contributed by atoms with E-state index in [1.807, 2.05) is 33.0 Å². The molecule has 1 aliphatic rings. The molecule has 0 aromatic carbocycles. The zero-order chi connectivity index (χ0) is 13.3. The number of carbonyl (C=O) groups excluding carboxylic acids is 1. The largest absolute Gasteiger partial charge is 0.464 e. The van der Waals surface area contributed by atoms with E-state index >= 15 is 0 Å². The quantitative estimate of drug-likeness (QED) is 0.892. The highest BCUT2D eigenvalue weighted by Crippen LogP contribution is 2.34. The fourth-order valence-corrected chi connectivity index (χ4v) is 2.12. The van der Waals surface area contributed by atoms with E-state index in [1.54, 1.807) is 4.90 Å². The molecule has 2 atom stereocenters. The summed E-state index contributed by atoms with van der Waals surface area (Å²) in [6, 6.07) is 4.01. The molecule has 0 bridgehead atoms. The van der Waals surface area contributed by atoms with Crippen molar-refractivity contribution < 1.29 is 9.21 Å². The highest BCUT2D eigenvalue weighted by Gasteiger charge is 2.32. The summed E-state index contributed by atoms with van der Waals surface area (Å²) in [6.45, 7) is 5.95. The Hall–Kier alpha value is -1.45. The van der Waals surface area contributed by atoms with Gasteiger partial charge >= 0.3 is 6.03 Å². The molecule has 1 heterocycles. The predicted molar refractivity (Wildman–Crippen MR) is 70.3 cm³/mol. The molecule has 0 saturated heterocycles. The molecular weight excluding hydrogens is 228 g/mol. The normalized spacial score (nSPS) is 18.2. The molecular formula is C14H22N2O2. The van der Waals surface area contributed by atoms with Gasteiger partial charge in [0.25, 0.3) is 0 Å². The third-order valence-electron chi connectivity index (χ3n) is 3.76. The molecule has 2 rings (SSSR count). The molecule has 0 radical (unpaired) electrons. The number of urea groups is 1. The molecule has 2 amide bonds. The van der Waals surface area contributed by atoms with Gasteiger partial charge in [0.1, 0.15) is 11.5 Å². The Morgan fingerprint density at radius 3 is 2.61 bits per heavy atom. The molecule has 0 aliphatic heterocycles. The van der Waals surface area contributed by atoms with Crippen LogP contribution in [-0.2, 0) is 0 Å². The van der Waals surface area contributed by atoms with Gasteiger partial charge in [0.15, 0.2) is 0 Å². The van der Waals surface area contributed by atoms with Gasteiger partial charge < -0.3 is 14.6 Å². The fourth-order valence-electron chi connectivity index (χ4n) is 2.12. The van der Waals surface area contributed by atoms with Gasteiger partial charge in [-0.15, -0.1) is 0 Å². The van der Waals surface area contributed by atoms with E-state index in [4.69, 9.17) is 4.42 Å². The molecule has 1 aromatic heterocycles. The van der Waals surface area contributed by atoms with Crippen LogP contribution in [0, 0.1) is 12.8 Å². The van der Waals surface area contributed by atoms with E-state index in [2.05, 4.69) is 12.2 Å². The van der Waals surface area contributed by atoms with Crippen LogP contribution in [0.25, 0.3) is 0 Å². The van der Waals surface area contributed by atoms with Crippen molar-refractivity contribution in [1.82, 2.24) is 10.2 Å². The number of carbonyl (C=O) groups is 1. The number of rotatable bonds is 4. The van der Waals surface area contributed by atoms with E-state index in [-0.39, 0.29) is 12.1 Å². The van der Waals surface area contributed by atoms with Crippen LogP contribution >= 0.6 is 0 Å². The van der Waals surface area contributed by atoms with E-state index < -0.39 is 0 Å². The molecule has 1 fully saturated rings. The SMILES string of the molecule is Cc1ccc(C(C)NC(=O)N(C)C(C)C2CC2)o1. The molecule has 4 nitrogen and oxygen atoms in total. The van der Waals surface area contributed by atoms with E-state index in [0.717, 1.165) is 11.5 Å². The van der Waals surface area contributed by atoms with E-state index in [9.17, 15) is 4.79 Å². The number of nitrogens with one attached hydrogen (secondary N) is 1. The Balaban J connectivity index is 1.90. The van der Waals surface area contributed by atoms with Crippen molar-refractivity contribution in [2.45, 2.75) is 45.7 Å². The lowest BCUT2D eigenvalue weighted by Crippen LogP contribution is -2.44. The zero-order valence-electron chi connectivity index (χ0n) is 11.6. The van der Waals surface area contributed by atoms with Crippen LogP contribution in [0.1, 0.15) is 44.3 Å². The summed E-state index contributed by atoms with van der Waals surface area (Å²) in [5, 5.41) is 2.97. The molecule has 100 valence electrons. The summed E-state index contributed by atoms with van der Waals surface area (Å²) >= 11 is 0. The summed E-state index contributed by atoms with van der Waals surface area (Å²) in [4.78, 5) is 13.9. The molecule has 0 spiro atoms. The summed E-state index contributed by atoms with van der Waals surface area (Å²) in [6.07, 6.45) is 2.48. The topological polar surface area (TPSA) is 45.5 Å². The minimum Gasteiger partial charge on any atom is -0.464 e. The second-order valence-electron chi connectivity index (χ2n) is 5.31. The maximum absolute atomic E-state index is 12.1. The Labute approximate surface area is 108 Å². The van der Waals surface area contributed by atoms with Gasteiger partial charge in [-0.25, -0.2) is 4.79 Å². The fraction of sp³-hybridized carbons (Fsp3) is 0.643. The summed E-state index contributed by atoms with van der Waals surface area (Å²) in [5.74, 6) is 2.35. The molecule has 18 heavy (non-hydrogen) atoms. The third-order valence-corrected chi connectivity index (χ3v) is 3.76. The average Bonchev–Trinajstić information content (AvgIpc) is 3.09. The molecule has 1 N–H and O–H groups in total. The van der Waals surface area contributed by atoms with Crippen LogP contribution in [0.15, 0.2) is 16.5 Å². The van der Waals surface area contributed by atoms with Crippen molar-refractivity contribution in [3.8, 4) is 0 Å². The number of nitrogens with zero attached hydrogens (tertiary/aromatic N) is 1. The second-order valence-corrected chi connectivity index (χ2v) is 5.31. The molecule has 2 unspecified atom stereocenters. The number of hydrogen-bond donors (Lipinski definition) is 1.